The predicted octanol–water partition coefficient (Wildman–Crippen LogP) is 0.342. The lowest BCUT2D eigenvalue weighted by Gasteiger charge is -2.09. The number of benzene rings is 1. The van der Waals surface area contributed by atoms with Crippen molar-refractivity contribution in [2.24, 2.45) is 0 Å². The fourth-order valence-electron chi connectivity index (χ4n) is 1.22. The van der Waals surface area contributed by atoms with Gasteiger partial charge in [0, 0.05) is 24.7 Å². The van der Waals surface area contributed by atoms with Crippen LogP contribution in [0.3, 0.4) is 0 Å². The third kappa shape index (κ3) is 3.78. The first-order valence-electron chi connectivity index (χ1n) is 5.10. The first-order valence-corrected chi connectivity index (χ1v) is 5.51. The van der Waals surface area contributed by atoms with Crippen LogP contribution in [0.4, 0.5) is 5.69 Å². The zero-order chi connectivity index (χ0) is 14.4. The highest BCUT2D eigenvalue weighted by Crippen LogP contribution is 2.27. The number of ether oxygens (including phenoxy) is 1. The molecule has 0 heterocycles. The van der Waals surface area contributed by atoms with Crippen molar-refractivity contribution in [3.8, 4) is 5.75 Å². The molecule has 0 aliphatic carbocycles. The van der Waals surface area contributed by atoms with Crippen molar-refractivity contribution in [3.63, 3.8) is 0 Å². The number of hydrazine groups is 1. The largest absolute Gasteiger partial charge is 0.490 e. The van der Waals surface area contributed by atoms with Crippen LogP contribution >= 0.6 is 12.2 Å². The standard InChI is InChI=1S/C10H12N4O4S/c1-11-10(19)13-12-9(15)6-3-4-7(14(16)17)8(5-6)18-2/h3-5H,1-2H3,(H,12,15)(H2,11,13,19). The van der Waals surface area contributed by atoms with E-state index in [1.807, 2.05) is 0 Å². The molecular weight excluding hydrogens is 272 g/mol. The van der Waals surface area contributed by atoms with Crippen molar-refractivity contribution in [3.05, 3.63) is 33.9 Å². The summed E-state index contributed by atoms with van der Waals surface area (Å²) in [5, 5.41) is 13.6. The van der Waals surface area contributed by atoms with Crippen LogP contribution in [0, 0.1) is 10.1 Å². The second-order valence-electron chi connectivity index (χ2n) is 3.30. The molecule has 0 spiro atoms. The van der Waals surface area contributed by atoms with E-state index in [2.05, 4.69) is 16.2 Å². The van der Waals surface area contributed by atoms with E-state index in [9.17, 15) is 14.9 Å². The molecule has 0 saturated carbocycles. The van der Waals surface area contributed by atoms with Gasteiger partial charge in [0.05, 0.1) is 12.0 Å². The molecule has 0 unspecified atom stereocenters. The first-order chi connectivity index (χ1) is 8.99. The van der Waals surface area contributed by atoms with Crippen molar-refractivity contribution in [2.45, 2.75) is 0 Å². The van der Waals surface area contributed by atoms with Gasteiger partial charge in [-0.15, -0.1) is 0 Å². The lowest BCUT2D eigenvalue weighted by molar-refractivity contribution is -0.385. The van der Waals surface area contributed by atoms with Crippen molar-refractivity contribution in [2.75, 3.05) is 14.2 Å². The molecule has 1 amide bonds. The van der Waals surface area contributed by atoms with E-state index in [0.29, 0.717) is 0 Å². The minimum atomic E-state index is -0.588. The van der Waals surface area contributed by atoms with E-state index in [1.54, 1.807) is 7.05 Å². The Morgan fingerprint density at radius 2 is 2.11 bits per heavy atom. The number of methoxy groups -OCH3 is 1. The van der Waals surface area contributed by atoms with E-state index < -0.39 is 10.8 Å². The van der Waals surface area contributed by atoms with Gasteiger partial charge in [-0.2, -0.15) is 0 Å². The lowest BCUT2D eigenvalue weighted by Crippen LogP contribution is -2.45. The first kappa shape index (κ1) is 14.6. The summed E-state index contributed by atoms with van der Waals surface area (Å²) in [7, 11) is 2.88. The number of nitrogens with zero attached hydrogens (tertiary/aromatic N) is 1. The highest BCUT2D eigenvalue weighted by Gasteiger charge is 2.17. The molecular formula is C10H12N4O4S. The molecule has 3 N–H and O–H groups in total. The van der Waals surface area contributed by atoms with Crippen LogP contribution in [0.2, 0.25) is 0 Å². The van der Waals surface area contributed by atoms with Crippen LogP contribution < -0.4 is 20.9 Å². The smallest absolute Gasteiger partial charge is 0.310 e. The molecule has 102 valence electrons. The monoisotopic (exact) mass is 284 g/mol. The number of nitro groups is 1. The summed E-state index contributed by atoms with van der Waals surface area (Å²) in [5.74, 6) is -0.486. The van der Waals surface area contributed by atoms with Gasteiger partial charge in [-0.05, 0) is 18.3 Å². The number of hydrogen-bond acceptors (Lipinski definition) is 5. The number of carbonyl (C=O) groups is 1. The van der Waals surface area contributed by atoms with Gasteiger partial charge < -0.3 is 10.1 Å². The number of rotatable bonds is 3. The van der Waals surface area contributed by atoms with E-state index in [0.717, 1.165) is 0 Å². The molecule has 19 heavy (non-hydrogen) atoms. The molecule has 8 nitrogen and oxygen atoms in total. The van der Waals surface area contributed by atoms with Gasteiger partial charge in [-0.1, -0.05) is 0 Å². The number of thiocarbonyl (C=S) groups is 1. The van der Waals surface area contributed by atoms with Gasteiger partial charge in [-0.3, -0.25) is 25.8 Å². The Labute approximate surface area is 114 Å². The molecule has 0 bridgehead atoms. The third-order valence-corrected chi connectivity index (χ3v) is 2.46. The van der Waals surface area contributed by atoms with Gasteiger partial charge in [0.25, 0.3) is 5.91 Å². The number of hydrogen-bond donors (Lipinski definition) is 3. The van der Waals surface area contributed by atoms with Gasteiger partial charge >= 0.3 is 5.69 Å². The number of nitrogens with one attached hydrogen (secondary N) is 3. The van der Waals surface area contributed by atoms with Gasteiger partial charge in [0.15, 0.2) is 10.9 Å². The van der Waals surface area contributed by atoms with E-state index in [1.165, 1.54) is 25.3 Å². The molecule has 1 rings (SSSR count). The maximum atomic E-state index is 11.7. The van der Waals surface area contributed by atoms with Gasteiger partial charge in [0.2, 0.25) is 0 Å². The predicted molar refractivity (Wildman–Crippen MR) is 71.9 cm³/mol. The summed E-state index contributed by atoms with van der Waals surface area (Å²) in [5.41, 5.74) is 4.78. The third-order valence-electron chi connectivity index (χ3n) is 2.16. The Balaban J connectivity index is 2.87. The lowest BCUT2D eigenvalue weighted by atomic mass is 10.2. The van der Waals surface area contributed by atoms with Gasteiger partial charge in [-0.25, -0.2) is 0 Å². The average molecular weight is 284 g/mol. The topological polar surface area (TPSA) is 106 Å². The SMILES string of the molecule is CNC(=S)NNC(=O)c1ccc([N+](=O)[O-])c(OC)c1. The highest BCUT2D eigenvalue weighted by atomic mass is 32.1. The summed E-state index contributed by atoms with van der Waals surface area (Å²) in [6, 6.07) is 3.79. The van der Waals surface area contributed by atoms with Crippen LogP contribution in [0.1, 0.15) is 10.4 Å². The number of nitro benzene ring substituents is 1. The van der Waals surface area contributed by atoms with Crippen molar-refractivity contribution >= 4 is 28.9 Å². The van der Waals surface area contributed by atoms with Crippen molar-refractivity contribution < 1.29 is 14.5 Å². The highest BCUT2D eigenvalue weighted by molar-refractivity contribution is 7.80. The molecule has 1 aromatic rings. The minimum Gasteiger partial charge on any atom is -0.490 e. The molecule has 0 atom stereocenters. The van der Waals surface area contributed by atoms with Crippen LogP contribution in [-0.2, 0) is 0 Å². The summed E-state index contributed by atoms with van der Waals surface area (Å²) in [6.45, 7) is 0. The second kappa shape index (κ2) is 6.50. The Morgan fingerprint density at radius 1 is 1.42 bits per heavy atom. The maximum Gasteiger partial charge on any atom is 0.310 e. The van der Waals surface area contributed by atoms with E-state index in [4.69, 9.17) is 17.0 Å². The van der Waals surface area contributed by atoms with Crippen molar-refractivity contribution in [1.82, 2.24) is 16.2 Å². The summed E-state index contributed by atoms with van der Waals surface area (Å²) >= 11 is 4.78. The average Bonchev–Trinajstić information content (AvgIpc) is 2.43. The Hall–Kier alpha value is -2.42. The summed E-state index contributed by atoms with van der Waals surface area (Å²) < 4.78 is 4.86. The molecule has 0 aliphatic rings. The zero-order valence-corrected chi connectivity index (χ0v) is 11.0. The van der Waals surface area contributed by atoms with Crippen molar-refractivity contribution in [1.29, 1.82) is 0 Å². The van der Waals surface area contributed by atoms with Crippen LogP contribution in [0.5, 0.6) is 5.75 Å². The molecule has 0 aromatic heterocycles. The molecule has 0 aliphatic heterocycles. The van der Waals surface area contributed by atoms with Crippen LogP contribution in [-0.4, -0.2) is 30.1 Å². The Bertz CT molecular complexity index is 520. The van der Waals surface area contributed by atoms with Crippen LogP contribution in [0.15, 0.2) is 18.2 Å². The van der Waals surface area contributed by atoms with E-state index in [-0.39, 0.29) is 22.1 Å². The fourth-order valence-corrected chi connectivity index (χ4v) is 1.27. The maximum absolute atomic E-state index is 11.7. The molecule has 9 heteroatoms. The Kier molecular flexibility index (Phi) is 5.01. The Morgan fingerprint density at radius 3 is 2.63 bits per heavy atom. The quantitative estimate of drug-likeness (QED) is 0.417. The summed E-state index contributed by atoms with van der Waals surface area (Å²) in [6.07, 6.45) is 0. The number of amides is 1. The molecule has 1 aromatic carbocycles. The summed E-state index contributed by atoms with van der Waals surface area (Å²) in [4.78, 5) is 21.8. The van der Waals surface area contributed by atoms with E-state index >= 15 is 0 Å². The fraction of sp³-hybridized carbons (Fsp3) is 0.200. The molecule has 0 fully saturated rings. The zero-order valence-electron chi connectivity index (χ0n) is 10.2. The van der Waals surface area contributed by atoms with Gasteiger partial charge in [0.1, 0.15) is 0 Å². The minimum absolute atomic E-state index is 0.00819. The molecule has 0 saturated heterocycles. The normalized spacial score (nSPS) is 9.37. The molecule has 0 radical (unpaired) electrons. The number of carbonyl (C=O) groups excluding carboxylic acids is 1. The van der Waals surface area contributed by atoms with Crippen LogP contribution in [0.25, 0.3) is 0 Å². The second-order valence-corrected chi connectivity index (χ2v) is 3.71.